The number of carbonyl (C=O) groups is 2. The van der Waals surface area contributed by atoms with Crippen molar-refractivity contribution in [2.24, 2.45) is 23.2 Å². The van der Waals surface area contributed by atoms with Crippen molar-refractivity contribution >= 4 is 27.9 Å². The van der Waals surface area contributed by atoms with Crippen molar-refractivity contribution in [3.05, 3.63) is 12.2 Å². The molecule has 0 aromatic rings. The lowest BCUT2D eigenvalue weighted by atomic mass is 9.57. The molecule has 1 aliphatic heterocycles. The second kappa shape index (κ2) is 5.96. The highest BCUT2D eigenvalue weighted by Gasteiger charge is 2.62. The minimum Gasteiger partial charge on any atom is -0.466 e. The van der Waals surface area contributed by atoms with Gasteiger partial charge in [0.05, 0.1) is 19.1 Å². The molecule has 1 heterocycles. The standard InChI is InChI=1S/C16H23BrO5/c1-6-16(4)10(8(3)14(19)21-5)12-9(11(17)13(16)18)7(2)15(20)22-12/h7,9-13,18H,3,6H2,1-2,4-5H3/t7-,9+,10+,11-,12-,13+,16-/m0/s1. The highest BCUT2D eigenvalue weighted by molar-refractivity contribution is 9.09. The monoisotopic (exact) mass is 374 g/mol. The number of aliphatic hydroxyl groups excluding tert-OH is 1. The molecule has 22 heavy (non-hydrogen) atoms. The van der Waals surface area contributed by atoms with Crippen molar-refractivity contribution in [2.75, 3.05) is 7.11 Å². The van der Waals surface area contributed by atoms with Crippen LogP contribution < -0.4 is 0 Å². The van der Waals surface area contributed by atoms with Crippen molar-refractivity contribution in [1.82, 2.24) is 0 Å². The molecule has 0 aromatic carbocycles. The van der Waals surface area contributed by atoms with Gasteiger partial charge in [0.25, 0.3) is 0 Å². The Morgan fingerprint density at radius 1 is 1.55 bits per heavy atom. The van der Waals surface area contributed by atoms with Gasteiger partial charge in [-0.3, -0.25) is 4.79 Å². The van der Waals surface area contributed by atoms with E-state index in [1.165, 1.54) is 7.11 Å². The number of hydrogen-bond donors (Lipinski definition) is 1. The molecule has 1 N–H and O–H groups in total. The van der Waals surface area contributed by atoms with Crippen LogP contribution in [0.3, 0.4) is 0 Å². The molecule has 7 atom stereocenters. The van der Waals surface area contributed by atoms with Crippen molar-refractivity contribution < 1.29 is 24.2 Å². The lowest BCUT2D eigenvalue weighted by Gasteiger charge is -2.52. The summed E-state index contributed by atoms with van der Waals surface area (Å²) in [6, 6.07) is 0. The minimum atomic E-state index is -0.720. The van der Waals surface area contributed by atoms with Gasteiger partial charge in [-0.1, -0.05) is 43.3 Å². The third-order valence-electron chi connectivity index (χ3n) is 5.55. The van der Waals surface area contributed by atoms with Gasteiger partial charge in [-0.25, -0.2) is 4.79 Å². The van der Waals surface area contributed by atoms with Crippen LogP contribution in [-0.2, 0) is 19.1 Å². The number of esters is 2. The van der Waals surface area contributed by atoms with Crippen LogP contribution in [0.1, 0.15) is 27.2 Å². The molecule has 2 fully saturated rings. The van der Waals surface area contributed by atoms with Crippen LogP contribution in [0.4, 0.5) is 0 Å². The Labute approximate surface area is 139 Å². The fourth-order valence-corrected chi connectivity index (χ4v) is 5.29. The van der Waals surface area contributed by atoms with E-state index in [4.69, 9.17) is 9.47 Å². The van der Waals surface area contributed by atoms with Gasteiger partial charge >= 0.3 is 11.9 Å². The zero-order valence-electron chi connectivity index (χ0n) is 13.3. The Kier molecular flexibility index (Phi) is 4.74. The van der Waals surface area contributed by atoms with Gasteiger partial charge in [0.15, 0.2) is 0 Å². The van der Waals surface area contributed by atoms with Gasteiger partial charge in [0.2, 0.25) is 0 Å². The summed E-state index contributed by atoms with van der Waals surface area (Å²) >= 11 is 3.55. The molecule has 0 bridgehead atoms. The molecular weight excluding hydrogens is 352 g/mol. The maximum absolute atomic E-state index is 12.0. The first kappa shape index (κ1) is 17.5. The number of alkyl halides is 1. The Hall–Kier alpha value is -0.880. The number of methoxy groups -OCH3 is 1. The Morgan fingerprint density at radius 2 is 2.14 bits per heavy atom. The minimum absolute atomic E-state index is 0.200. The molecule has 6 heteroatoms. The number of rotatable bonds is 3. The summed E-state index contributed by atoms with van der Waals surface area (Å²) in [6.45, 7) is 9.51. The number of halogens is 1. The molecule has 0 amide bonds. The predicted octanol–water partition coefficient (Wildman–Crippen LogP) is 2.06. The highest BCUT2D eigenvalue weighted by atomic mass is 79.9. The lowest BCUT2D eigenvalue weighted by Crippen LogP contribution is -2.59. The van der Waals surface area contributed by atoms with E-state index in [1.54, 1.807) is 6.92 Å². The van der Waals surface area contributed by atoms with Crippen LogP contribution in [0.5, 0.6) is 0 Å². The molecule has 0 unspecified atom stereocenters. The molecule has 0 aromatic heterocycles. The molecule has 0 radical (unpaired) electrons. The molecule has 1 saturated carbocycles. The molecule has 124 valence electrons. The fraction of sp³-hybridized carbons (Fsp3) is 0.750. The Bertz CT molecular complexity index is 505. The summed E-state index contributed by atoms with van der Waals surface area (Å²) < 4.78 is 10.4. The van der Waals surface area contributed by atoms with Crippen molar-refractivity contribution in [3.8, 4) is 0 Å². The summed E-state index contributed by atoms with van der Waals surface area (Å²) in [6.07, 6.45) is -0.583. The van der Waals surface area contributed by atoms with Crippen LogP contribution in [0.2, 0.25) is 0 Å². The first-order valence-corrected chi connectivity index (χ1v) is 8.42. The molecule has 5 nitrogen and oxygen atoms in total. The summed E-state index contributed by atoms with van der Waals surface area (Å²) in [5, 5.41) is 10.8. The van der Waals surface area contributed by atoms with E-state index in [2.05, 4.69) is 22.5 Å². The zero-order valence-corrected chi connectivity index (χ0v) is 14.9. The molecule has 2 rings (SSSR count). The number of aliphatic hydroxyl groups is 1. The van der Waals surface area contributed by atoms with E-state index < -0.39 is 29.5 Å². The van der Waals surface area contributed by atoms with Gasteiger partial charge in [0, 0.05) is 27.7 Å². The van der Waals surface area contributed by atoms with Crippen LogP contribution in [0.15, 0.2) is 12.2 Å². The first-order valence-electron chi connectivity index (χ1n) is 7.50. The number of fused-ring (bicyclic) bond motifs is 1. The van der Waals surface area contributed by atoms with E-state index in [-0.39, 0.29) is 28.2 Å². The second-order valence-electron chi connectivity index (χ2n) is 6.51. The molecule has 1 saturated heterocycles. The van der Waals surface area contributed by atoms with Gasteiger partial charge in [-0.05, 0) is 6.42 Å². The topological polar surface area (TPSA) is 72.8 Å². The zero-order chi connectivity index (χ0) is 16.8. The lowest BCUT2D eigenvalue weighted by molar-refractivity contribution is -0.155. The third kappa shape index (κ3) is 2.31. The smallest absolute Gasteiger partial charge is 0.333 e. The van der Waals surface area contributed by atoms with Crippen LogP contribution in [0, 0.1) is 23.2 Å². The summed E-state index contributed by atoms with van der Waals surface area (Å²) in [7, 11) is 1.30. The maximum Gasteiger partial charge on any atom is 0.333 e. The van der Waals surface area contributed by atoms with Crippen molar-refractivity contribution in [1.29, 1.82) is 0 Å². The summed E-state index contributed by atoms with van der Waals surface area (Å²) in [5.41, 5.74) is -0.382. The van der Waals surface area contributed by atoms with E-state index in [1.807, 2.05) is 13.8 Å². The predicted molar refractivity (Wildman–Crippen MR) is 84.3 cm³/mol. The second-order valence-corrected chi connectivity index (χ2v) is 7.57. The molecule has 2 aliphatic rings. The molecule has 0 spiro atoms. The fourth-order valence-electron chi connectivity index (χ4n) is 3.93. The van der Waals surface area contributed by atoms with E-state index in [0.717, 1.165) is 0 Å². The third-order valence-corrected chi connectivity index (χ3v) is 6.66. The SMILES string of the molecule is C=C(C(=O)OC)[C@@H]1[C@H]2OC(=O)[C@@H](C)[C@@H]2[C@H](Br)[C@@H](O)[C@@]1(C)CC. The highest BCUT2D eigenvalue weighted by Crippen LogP contribution is 2.55. The average Bonchev–Trinajstić information content (AvgIpc) is 2.79. The quantitative estimate of drug-likeness (QED) is 0.465. The number of hydrogen-bond acceptors (Lipinski definition) is 5. The normalized spacial score (nSPS) is 44.2. The van der Waals surface area contributed by atoms with Crippen molar-refractivity contribution in [3.63, 3.8) is 0 Å². The number of ether oxygens (including phenoxy) is 2. The van der Waals surface area contributed by atoms with Gasteiger partial charge in [-0.2, -0.15) is 0 Å². The van der Waals surface area contributed by atoms with E-state index >= 15 is 0 Å². The van der Waals surface area contributed by atoms with Gasteiger partial charge in [-0.15, -0.1) is 0 Å². The first-order chi connectivity index (χ1) is 10.2. The maximum atomic E-state index is 12.0. The van der Waals surface area contributed by atoms with Crippen LogP contribution >= 0.6 is 15.9 Å². The van der Waals surface area contributed by atoms with Gasteiger partial charge in [0.1, 0.15) is 6.10 Å². The Morgan fingerprint density at radius 3 is 2.64 bits per heavy atom. The van der Waals surface area contributed by atoms with Crippen LogP contribution in [0.25, 0.3) is 0 Å². The van der Waals surface area contributed by atoms with Gasteiger partial charge < -0.3 is 14.6 Å². The molecular formula is C16H23BrO5. The summed E-state index contributed by atoms with van der Waals surface area (Å²) in [5.74, 6) is -1.83. The number of carbonyl (C=O) groups excluding carboxylic acids is 2. The largest absolute Gasteiger partial charge is 0.466 e. The van der Waals surface area contributed by atoms with E-state index in [9.17, 15) is 14.7 Å². The van der Waals surface area contributed by atoms with Crippen LogP contribution in [-0.4, -0.2) is 41.2 Å². The van der Waals surface area contributed by atoms with Crippen molar-refractivity contribution in [2.45, 2.75) is 44.2 Å². The average molecular weight is 375 g/mol. The van der Waals surface area contributed by atoms with E-state index in [0.29, 0.717) is 6.42 Å². The Balaban J connectivity index is 2.52. The summed E-state index contributed by atoms with van der Waals surface area (Å²) in [4.78, 5) is 23.8. The molecule has 1 aliphatic carbocycles.